The Kier molecular flexibility index (Phi) is 6.28. The molecule has 0 aliphatic carbocycles. The SMILES string of the molecule is CCO[C@@H]1OC(=O)C[C@@H]1NC(=O)[C@@H]1CCCN1C(=O)OCc1ccccc1. The number of carbonyl (C=O) groups is 3. The molecule has 2 amide bonds. The first-order chi connectivity index (χ1) is 13.1. The zero-order chi connectivity index (χ0) is 19.2. The zero-order valence-corrected chi connectivity index (χ0v) is 15.3. The molecule has 0 radical (unpaired) electrons. The lowest BCUT2D eigenvalue weighted by Gasteiger charge is -2.25. The van der Waals surface area contributed by atoms with E-state index in [1.807, 2.05) is 30.3 Å². The van der Waals surface area contributed by atoms with Gasteiger partial charge in [-0.1, -0.05) is 30.3 Å². The minimum absolute atomic E-state index is 0.0571. The summed E-state index contributed by atoms with van der Waals surface area (Å²) < 4.78 is 15.7. The molecule has 8 nitrogen and oxygen atoms in total. The first kappa shape index (κ1) is 19.2. The highest BCUT2D eigenvalue weighted by molar-refractivity contribution is 5.87. The number of esters is 1. The predicted molar refractivity (Wildman–Crippen MR) is 94.4 cm³/mol. The molecule has 8 heteroatoms. The number of amides is 2. The molecular weight excluding hydrogens is 352 g/mol. The maximum absolute atomic E-state index is 12.7. The summed E-state index contributed by atoms with van der Waals surface area (Å²) in [6.07, 6.45) is 0.0188. The summed E-state index contributed by atoms with van der Waals surface area (Å²) in [6, 6.07) is 8.20. The third kappa shape index (κ3) is 4.77. The van der Waals surface area contributed by atoms with Gasteiger partial charge in [-0.2, -0.15) is 0 Å². The van der Waals surface area contributed by atoms with Crippen LogP contribution < -0.4 is 5.32 Å². The Balaban J connectivity index is 1.55. The van der Waals surface area contributed by atoms with Crippen LogP contribution in [0.3, 0.4) is 0 Å². The summed E-state index contributed by atoms with van der Waals surface area (Å²) in [5, 5.41) is 2.79. The van der Waals surface area contributed by atoms with Gasteiger partial charge in [0, 0.05) is 13.2 Å². The van der Waals surface area contributed by atoms with Gasteiger partial charge in [0.2, 0.25) is 12.2 Å². The number of rotatable bonds is 6. The minimum Gasteiger partial charge on any atom is -0.445 e. The molecular formula is C19H24N2O6. The molecule has 2 aliphatic heterocycles. The van der Waals surface area contributed by atoms with Crippen molar-refractivity contribution < 1.29 is 28.6 Å². The van der Waals surface area contributed by atoms with Crippen molar-refractivity contribution >= 4 is 18.0 Å². The molecule has 27 heavy (non-hydrogen) atoms. The number of benzene rings is 1. The van der Waals surface area contributed by atoms with Crippen LogP contribution in [-0.2, 0) is 30.4 Å². The van der Waals surface area contributed by atoms with Gasteiger partial charge in [-0.25, -0.2) is 4.79 Å². The highest BCUT2D eigenvalue weighted by Crippen LogP contribution is 2.21. The smallest absolute Gasteiger partial charge is 0.410 e. The van der Waals surface area contributed by atoms with E-state index in [0.29, 0.717) is 26.0 Å². The van der Waals surface area contributed by atoms with E-state index in [1.54, 1.807) is 6.92 Å². The van der Waals surface area contributed by atoms with Crippen molar-refractivity contribution in [2.24, 2.45) is 0 Å². The fourth-order valence-electron chi connectivity index (χ4n) is 3.31. The van der Waals surface area contributed by atoms with Crippen molar-refractivity contribution in [2.45, 2.75) is 51.2 Å². The van der Waals surface area contributed by atoms with Crippen LogP contribution in [0.15, 0.2) is 30.3 Å². The molecule has 3 rings (SSSR count). The molecule has 1 aromatic rings. The summed E-state index contributed by atoms with van der Waals surface area (Å²) in [7, 11) is 0. The standard InChI is InChI=1S/C19H24N2O6/c1-2-25-18-14(11-16(22)27-18)20-17(23)15-9-6-10-21(15)19(24)26-12-13-7-4-3-5-8-13/h3-5,7-8,14-15,18H,2,6,9-12H2,1H3,(H,20,23)/t14-,15-,18+/m0/s1. The maximum atomic E-state index is 12.7. The lowest BCUT2D eigenvalue weighted by Crippen LogP contribution is -2.51. The zero-order valence-electron chi connectivity index (χ0n) is 15.3. The van der Waals surface area contributed by atoms with E-state index in [0.717, 1.165) is 5.56 Å². The molecule has 146 valence electrons. The molecule has 1 N–H and O–H groups in total. The molecule has 3 atom stereocenters. The second-order valence-corrected chi connectivity index (χ2v) is 6.52. The van der Waals surface area contributed by atoms with Crippen LogP contribution in [0.2, 0.25) is 0 Å². The van der Waals surface area contributed by atoms with Crippen LogP contribution in [-0.4, -0.2) is 54.4 Å². The second kappa shape index (κ2) is 8.85. The summed E-state index contributed by atoms with van der Waals surface area (Å²) in [4.78, 5) is 38.0. The van der Waals surface area contributed by atoms with E-state index in [1.165, 1.54) is 4.90 Å². The molecule has 0 saturated carbocycles. The van der Waals surface area contributed by atoms with Crippen LogP contribution in [0.1, 0.15) is 31.7 Å². The van der Waals surface area contributed by atoms with Gasteiger partial charge in [0.15, 0.2) is 0 Å². The number of nitrogens with zero attached hydrogens (tertiary/aromatic N) is 1. The quantitative estimate of drug-likeness (QED) is 0.758. The lowest BCUT2D eigenvalue weighted by atomic mass is 10.1. The van der Waals surface area contributed by atoms with Crippen LogP contribution >= 0.6 is 0 Å². The molecule has 0 spiro atoms. The molecule has 2 saturated heterocycles. The number of nitrogens with one attached hydrogen (secondary N) is 1. The first-order valence-electron chi connectivity index (χ1n) is 9.17. The number of cyclic esters (lactones) is 1. The average Bonchev–Trinajstić information content (AvgIpc) is 3.28. The van der Waals surface area contributed by atoms with E-state index >= 15 is 0 Å². The van der Waals surface area contributed by atoms with Crippen LogP contribution in [0, 0.1) is 0 Å². The first-order valence-corrected chi connectivity index (χ1v) is 9.17. The van der Waals surface area contributed by atoms with E-state index in [4.69, 9.17) is 14.2 Å². The Labute approximate surface area is 157 Å². The number of ether oxygens (including phenoxy) is 3. The normalized spacial score (nSPS) is 24.6. The Hall–Kier alpha value is -2.61. The number of likely N-dealkylation sites (tertiary alicyclic amines) is 1. The topological polar surface area (TPSA) is 94.2 Å². The van der Waals surface area contributed by atoms with Crippen molar-refractivity contribution in [3.05, 3.63) is 35.9 Å². The molecule has 2 aliphatic rings. The molecule has 2 fully saturated rings. The lowest BCUT2D eigenvalue weighted by molar-refractivity contribution is -0.164. The van der Waals surface area contributed by atoms with Crippen molar-refractivity contribution in [1.29, 1.82) is 0 Å². The monoisotopic (exact) mass is 376 g/mol. The van der Waals surface area contributed by atoms with Crippen LogP contribution in [0.25, 0.3) is 0 Å². The summed E-state index contributed by atoms with van der Waals surface area (Å²) in [5.74, 6) is -0.735. The van der Waals surface area contributed by atoms with Crippen molar-refractivity contribution in [2.75, 3.05) is 13.2 Å². The molecule has 0 unspecified atom stereocenters. The number of carbonyl (C=O) groups excluding carboxylic acids is 3. The minimum atomic E-state index is -0.786. The van der Waals surface area contributed by atoms with Gasteiger partial charge in [-0.05, 0) is 25.3 Å². The summed E-state index contributed by atoms with van der Waals surface area (Å²) >= 11 is 0. The molecule has 0 bridgehead atoms. The van der Waals surface area contributed by atoms with Crippen molar-refractivity contribution in [1.82, 2.24) is 10.2 Å². The highest BCUT2D eigenvalue weighted by atomic mass is 16.7. The van der Waals surface area contributed by atoms with Gasteiger partial charge in [-0.15, -0.1) is 0 Å². The van der Waals surface area contributed by atoms with E-state index in [9.17, 15) is 14.4 Å². The predicted octanol–water partition coefficient (Wildman–Crippen LogP) is 1.58. The Bertz CT molecular complexity index is 680. The van der Waals surface area contributed by atoms with Gasteiger partial charge in [0.25, 0.3) is 0 Å². The second-order valence-electron chi connectivity index (χ2n) is 6.52. The summed E-state index contributed by atoms with van der Waals surface area (Å²) in [5.41, 5.74) is 0.882. The maximum Gasteiger partial charge on any atom is 0.410 e. The van der Waals surface area contributed by atoms with E-state index < -0.39 is 30.4 Å². The van der Waals surface area contributed by atoms with Gasteiger partial charge >= 0.3 is 12.1 Å². The number of hydrogen-bond donors (Lipinski definition) is 1. The van der Waals surface area contributed by atoms with Crippen LogP contribution in [0.5, 0.6) is 0 Å². The molecule has 1 aromatic carbocycles. The Morgan fingerprint density at radius 1 is 1.30 bits per heavy atom. The van der Waals surface area contributed by atoms with E-state index in [2.05, 4.69) is 5.32 Å². The van der Waals surface area contributed by atoms with Gasteiger partial charge in [-0.3, -0.25) is 14.5 Å². The largest absolute Gasteiger partial charge is 0.445 e. The van der Waals surface area contributed by atoms with Crippen molar-refractivity contribution in [3.63, 3.8) is 0 Å². The Morgan fingerprint density at radius 2 is 2.07 bits per heavy atom. The van der Waals surface area contributed by atoms with Crippen molar-refractivity contribution in [3.8, 4) is 0 Å². The van der Waals surface area contributed by atoms with E-state index in [-0.39, 0.29) is 18.9 Å². The van der Waals surface area contributed by atoms with Crippen LogP contribution in [0.4, 0.5) is 4.79 Å². The Morgan fingerprint density at radius 3 is 2.81 bits per heavy atom. The highest BCUT2D eigenvalue weighted by Gasteiger charge is 2.41. The fraction of sp³-hybridized carbons (Fsp3) is 0.526. The average molecular weight is 376 g/mol. The molecule has 0 aromatic heterocycles. The molecule has 2 heterocycles. The van der Waals surface area contributed by atoms with Gasteiger partial charge in [0.05, 0.1) is 6.42 Å². The third-order valence-corrected chi connectivity index (χ3v) is 4.62. The van der Waals surface area contributed by atoms with Gasteiger partial charge < -0.3 is 19.5 Å². The third-order valence-electron chi connectivity index (χ3n) is 4.62. The summed E-state index contributed by atoms with van der Waals surface area (Å²) in [6.45, 7) is 2.76. The fourth-order valence-corrected chi connectivity index (χ4v) is 3.31. The van der Waals surface area contributed by atoms with Gasteiger partial charge in [0.1, 0.15) is 18.7 Å². The number of hydrogen-bond acceptors (Lipinski definition) is 6.